The third-order valence-electron chi connectivity index (χ3n) is 7.17. The van der Waals surface area contributed by atoms with Crippen LogP contribution in [0.2, 0.25) is 0 Å². The summed E-state index contributed by atoms with van der Waals surface area (Å²) in [6.07, 6.45) is 11.8. The number of pyridine rings is 2. The van der Waals surface area contributed by atoms with E-state index in [1.54, 1.807) is 31.7 Å². The summed E-state index contributed by atoms with van der Waals surface area (Å²) >= 11 is 1.30. The van der Waals surface area contributed by atoms with Crippen LogP contribution in [0.25, 0.3) is 5.65 Å². The van der Waals surface area contributed by atoms with Crippen LogP contribution in [-0.2, 0) is 6.42 Å². The summed E-state index contributed by atoms with van der Waals surface area (Å²) in [5.74, 6) is 0.687. The fourth-order valence-electron chi connectivity index (χ4n) is 5.28. The highest BCUT2D eigenvalue weighted by Gasteiger charge is 2.46. The lowest BCUT2D eigenvalue weighted by Gasteiger charge is -2.42. The lowest BCUT2D eigenvalue weighted by atomic mass is 9.73. The highest BCUT2D eigenvalue weighted by atomic mass is 32.2. The number of nitrogens with two attached hydrogens (primary N) is 1. The standard InChI is InChI=1S/C24H25FN8S/c1-27-21-19(25)17(4-8-29-21)34-18-14-31-23(33-12-9-30-22(18)33)32-10-5-24(6-11-32)13-16-15(20(24)26)3-2-7-28-16/h2-4,7-9,12,14,20H,5-6,10-11,13,26H2,1H3,(H,27,29)/t20-/m1/s1. The molecule has 4 aromatic rings. The zero-order chi connectivity index (χ0) is 23.3. The van der Waals surface area contributed by atoms with Gasteiger partial charge in [-0.3, -0.25) is 9.38 Å². The highest BCUT2D eigenvalue weighted by Crippen LogP contribution is 2.50. The van der Waals surface area contributed by atoms with Crippen molar-refractivity contribution in [1.29, 1.82) is 0 Å². The van der Waals surface area contributed by atoms with Crippen molar-refractivity contribution in [3.8, 4) is 0 Å². The van der Waals surface area contributed by atoms with Gasteiger partial charge in [0.15, 0.2) is 17.3 Å². The number of rotatable bonds is 4. The summed E-state index contributed by atoms with van der Waals surface area (Å²) < 4.78 is 16.7. The van der Waals surface area contributed by atoms with Crippen LogP contribution in [0.5, 0.6) is 0 Å². The monoisotopic (exact) mass is 476 g/mol. The van der Waals surface area contributed by atoms with Crippen molar-refractivity contribution >= 4 is 29.2 Å². The van der Waals surface area contributed by atoms with E-state index < -0.39 is 0 Å². The molecule has 1 fully saturated rings. The van der Waals surface area contributed by atoms with Gasteiger partial charge in [-0.1, -0.05) is 17.8 Å². The van der Waals surface area contributed by atoms with Gasteiger partial charge in [0.05, 0.1) is 9.79 Å². The Morgan fingerprint density at radius 3 is 2.74 bits per heavy atom. The summed E-state index contributed by atoms with van der Waals surface area (Å²) in [4.78, 5) is 21.5. The number of hydrogen-bond acceptors (Lipinski definition) is 8. The topological polar surface area (TPSA) is 97.3 Å². The molecule has 0 amide bonds. The van der Waals surface area contributed by atoms with Gasteiger partial charge in [-0.2, -0.15) is 0 Å². The number of halogens is 1. The van der Waals surface area contributed by atoms with Gasteiger partial charge in [0, 0.05) is 62.9 Å². The van der Waals surface area contributed by atoms with Crippen LogP contribution >= 0.6 is 11.8 Å². The SMILES string of the molecule is CNc1nccc(Sc2cnc(N3CCC4(CC3)Cc3ncccc3[C@H]4N)n3ccnc23)c1F. The summed E-state index contributed by atoms with van der Waals surface area (Å²) in [5, 5.41) is 2.78. The predicted molar refractivity (Wildman–Crippen MR) is 130 cm³/mol. The highest BCUT2D eigenvalue weighted by molar-refractivity contribution is 7.99. The van der Waals surface area contributed by atoms with Crippen molar-refractivity contribution in [2.75, 3.05) is 30.4 Å². The molecule has 3 N–H and O–H groups in total. The van der Waals surface area contributed by atoms with Gasteiger partial charge in [0.25, 0.3) is 0 Å². The molecule has 1 spiro atoms. The molecule has 34 heavy (non-hydrogen) atoms. The molecular formula is C24H25FN8S. The van der Waals surface area contributed by atoms with Crippen molar-refractivity contribution in [3.63, 3.8) is 0 Å². The fraction of sp³-hybridized carbons (Fsp3) is 0.333. The van der Waals surface area contributed by atoms with Gasteiger partial charge in [0.2, 0.25) is 5.95 Å². The second-order valence-corrected chi connectivity index (χ2v) is 9.99. The van der Waals surface area contributed by atoms with E-state index >= 15 is 0 Å². The summed E-state index contributed by atoms with van der Waals surface area (Å²) in [7, 11) is 1.65. The van der Waals surface area contributed by atoms with Crippen LogP contribution in [0.3, 0.4) is 0 Å². The summed E-state index contributed by atoms with van der Waals surface area (Å²) in [5.41, 5.74) is 9.86. The van der Waals surface area contributed by atoms with Crippen LogP contribution in [0.1, 0.15) is 30.1 Å². The number of nitrogens with one attached hydrogen (secondary N) is 1. The maximum Gasteiger partial charge on any atom is 0.211 e. The zero-order valence-corrected chi connectivity index (χ0v) is 19.6. The number of imidazole rings is 1. The Kier molecular flexibility index (Phi) is 5.14. The third kappa shape index (κ3) is 3.32. The van der Waals surface area contributed by atoms with Crippen LogP contribution in [0.15, 0.2) is 59.0 Å². The van der Waals surface area contributed by atoms with E-state index in [1.165, 1.54) is 17.3 Å². The molecule has 2 aliphatic rings. The Labute approximate surface area is 200 Å². The number of fused-ring (bicyclic) bond motifs is 2. The fourth-order valence-corrected chi connectivity index (χ4v) is 6.18. The molecule has 1 saturated heterocycles. The number of hydrogen-bond donors (Lipinski definition) is 2. The molecule has 1 atom stereocenters. The molecule has 10 heteroatoms. The molecule has 174 valence electrons. The minimum atomic E-state index is -0.381. The first kappa shape index (κ1) is 21.3. The summed E-state index contributed by atoms with van der Waals surface area (Å²) in [6.45, 7) is 1.72. The Morgan fingerprint density at radius 2 is 1.94 bits per heavy atom. The van der Waals surface area contributed by atoms with Gasteiger partial charge in [-0.25, -0.2) is 19.3 Å². The molecule has 1 aliphatic carbocycles. The number of aromatic nitrogens is 5. The van der Waals surface area contributed by atoms with Crippen LogP contribution < -0.4 is 16.0 Å². The second-order valence-electron chi connectivity index (χ2n) is 8.91. The van der Waals surface area contributed by atoms with Gasteiger partial charge >= 0.3 is 0 Å². The van der Waals surface area contributed by atoms with Crippen molar-refractivity contribution < 1.29 is 4.39 Å². The summed E-state index contributed by atoms with van der Waals surface area (Å²) in [6, 6.07) is 5.78. The Hall–Kier alpha value is -3.24. The third-order valence-corrected chi connectivity index (χ3v) is 8.21. The van der Waals surface area contributed by atoms with Gasteiger partial charge in [-0.05, 0) is 42.4 Å². The van der Waals surface area contributed by atoms with Gasteiger partial charge in [0.1, 0.15) is 0 Å². The minimum Gasteiger partial charge on any atom is -0.371 e. The van der Waals surface area contributed by atoms with E-state index in [4.69, 9.17) is 10.7 Å². The molecule has 0 unspecified atom stereocenters. The smallest absolute Gasteiger partial charge is 0.211 e. The minimum absolute atomic E-state index is 0.0242. The molecule has 0 bridgehead atoms. The molecule has 4 aromatic heterocycles. The molecule has 6 rings (SSSR count). The Bertz CT molecular complexity index is 1360. The molecule has 8 nitrogen and oxygen atoms in total. The zero-order valence-electron chi connectivity index (χ0n) is 18.8. The molecule has 1 aliphatic heterocycles. The van der Waals surface area contributed by atoms with E-state index in [0.717, 1.165) is 54.5 Å². The predicted octanol–water partition coefficient (Wildman–Crippen LogP) is 3.69. The quantitative estimate of drug-likeness (QED) is 0.460. The number of anilines is 2. The van der Waals surface area contributed by atoms with Crippen LogP contribution in [0, 0.1) is 11.2 Å². The average molecular weight is 477 g/mol. The van der Waals surface area contributed by atoms with Crippen LogP contribution in [0.4, 0.5) is 16.2 Å². The lowest BCUT2D eigenvalue weighted by molar-refractivity contribution is 0.186. The van der Waals surface area contributed by atoms with Gasteiger partial charge in [-0.15, -0.1) is 0 Å². The van der Waals surface area contributed by atoms with Crippen LogP contribution in [-0.4, -0.2) is 44.5 Å². The van der Waals surface area contributed by atoms with Crippen molar-refractivity contribution in [1.82, 2.24) is 24.3 Å². The number of piperidine rings is 1. The Morgan fingerprint density at radius 1 is 1.09 bits per heavy atom. The average Bonchev–Trinajstić information content (AvgIpc) is 3.46. The molecule has 0 radical (unpaired) electrons. The van der Waals surface area contributed by atoms with Gasteiger partial charge < -0.3 is 16.0 Å². The van der Waals surface area contributed by atoms with Crippen molar-refractivity contribution in [3.05, 3.63) is 66.3 Å². The van der Waals surface area contributed by atoms with E-state index in [9.17, 15) is 4.39 Å². The van der Waals surface area contributed by atoms with E-state index in [-0.39, 0.29) is 23.1 Å². The number of nitrogens with zero attached hydrogens (tertiary/aromatic N) is 6. The maximum atomic E-state index is 14.7. The molecule has 0 aromatic carbocycles. The first-order valence-corrected chi connectivity index (χ1v) is 12.2. The van der Waals surface area contributed by atoms with Crippen molar-refractivity contribution in [2.24, 2.45) is 11.1 Å². The maximum absolute atomic E-state index is 14.7. The Balaban J connectivity index is 1.25. The molecule has 0 saturated carbocycles. The lowest BCUT2D eigenvalue weighted by Crippen LogP contribution is -2.45. The first-order valence-electron chi connectivity index (χ1n) is 11.4. The van der Waals surface area contributed by atoms with E-state index in [1.807, 2.05) is 22.9 Å². The second kappa shape index (κ2) is 8.21. The largest absolute Gasteiger partial charge is 0.371 e. The molecule has 5 heterocycles. The first-order chi connectivity index (χ1) is 16.6. The van der Waals surface area contributed by atoms with E-state index in [0.29, 0.717) is 4.90 Å². The molecular weight excluding hydrogens is 451 g/mol. The van der Waals surface area contributed by atoms with Crippen molar-refractivity contribution in [2.45, 2.75) is 35.1 Å². The van der Waals surface area contributed by atoms with E-state index in [2.05, 4.69) is 31.2 Å². The normalized spacial score (nSPS) is 19.0.